The topological polar surface area (TPSA) is 49.5 Å². The van der Waals surface area contributed by atoms with Gasteiger partial charge in [-0.3, -0.25) is 0 Å². The van der Waals surface area contributed by atoms with Crippen LogP contribution in [0.15, 0.2) is 18.2 Å². The molecule has 0 spiro atoms. The van der Waals surface area contributed by atoms with Crippen molar-refractivity contribution in [2.24, 2.45) is 5.92 Å². The van der Waals surface area contributed by atoms with Gasteiger partial charge < -0.3 is 15.7 Å². The molecule has 1 aromatic rings. The Balaban J connectivity index is 2.14. The van der Waals surface area contributed by atoms with Crippen LogP contribution in [0.5, 0.6) is 0 Å². The van der Waals surface area contributed by atoms with Crippen LogP contribution in [0.25, 0.3) is 0 Å². The Hall–Kier alpha value is -1.22. The van der Waals surface area contributed by atoms with Gasteiger partial charge in [-0.05, 0) is 38.0 Å². The fourth-order valence-corrected chi connectivity index (χ4v) is 2.36. The third-order valence-corrected chi connectivity index (χ3v) is 3.43. The van der Waals surface area contributed by atoms with Crippen molar-refractivity contribution in [2.45, 2.75) is 26.4 Å². The molecular formula is C13H20N2O. The first-order valence-electron chi connectivity index (χ1n) is 5.87. The highest BCUT2D eigenvalue weighted by Crippen LogP contribution is 2.30. The lowest BCUT2D eigenvalue weighted by Crippen LogP contribution is -2.24. The number of nitrogens with zero attached hydrogens (tertiary/aromatic N) is 1. The average Bonchev–Trinajstić information content (AvgIpc) is 2.66. The summed E-state index contributed by atoms with van der Waals surface area (Å²) < 4.78 is 0. The summed E-state index contributed by atoms with van der Waals surface area (Å²) in [5, 5.41) is 9.57. The van der Waals surface area contributed by atoms with Gasteiger partial charge in [0.25, 0.3) is 0 Å². The molecule has 1 fully saturated rings. The Morgan fingerprint density at radius 1 is 1.50 bits per heavy atom. The Kier molecular flexibility index (Phi) is 3.06. The number of rotatable bonds is 2. The second kappa shape index (κ2) is 4.34. The molecule has 0 aromatic heterocycles. The number of nitrogen functional groups attached to an aromatic ring is 1. The van der Waals surface area contributed by atoms with Gasteiger partial charge in [-0.2, -0.15) is 0 Å². The quantitative estimate of drug-likeness (QED) is 0.747. The molecule has 3 N–H and O–H groups in total. The first-order chi connectivity index (χ1) is 7.58. The second-order valence-corrected chi connectivity index (χ2v) is 4.80. The maximum atomic E-state index is 9.57. The van der Waals surface area contributed by atoms with E-state index in [-0.39, 0.29) is 6.10 Å². The van der Waals surface area contributed by atoms with Crippen molar-refractivity contribution in [2.75, 3.05) is 23.7 Å². The molecule has 1 aliphatic rings. The summed E-state index contributed by atoms with van der Waals surface area (Å²) in [7, 11) is 0. The standard InChI is InChI=1S/C13H20N2O/c1-9-3-4-13(12(14)7-9)15-6-5-11(8-15)10(2)16/h3-4,7,10-11,16H,5-6,8,14H2,1-2H3. The third-order valence-electron chi connectivity index (χ3n) is 3.43. The number of hydrogen-bond acceptors (Lipinski definition) is 3. The molecular weight excluding hydrogens is 200 g/mol. The number of anilines is 2. The Morgan fingerprint density at radius 3 is 2.81 bits per heavy atom. The zero-order valence-corrected chi connectivity index (χ0v) is 9.98. The molecule has 88 valence electrons. The lowest BCUT2D eigenvalue weighted by molar-refractivity contribution is 0.136. The predicted molar refractivity (Wildman–Crippen MR) is 67.6 cm³/mol. The van der Waals surface area contributed by atoms with E-state index in [0.29, 0.717) is 5.92 Å². The van der Waals surface area contributed by atoms with Crippen molar-refractivity contribution < 1.29 is 5.11 Å². The zero-order chi connectivity index (χ0) is 11.7. The van der Waals surface area contributed by atoms with Gasteiger partial charge in [0.05, 0.1) is 17.5 Å². The molecule has 0 bridgehead atoms. The normalized spacial score (nSPS) is 22.4. The van der Waals surface area contributed by atoms with E-state index in [2.05, 4.69) is 17.0 Å². The van der Waals surface area contributed by atoms with E-state index >= 15 is 0 Å². The molecule has 2 rings (SSSR count). The maximum absolute atomic E-state index is 9.57. The summed E-state index contributed by atoms with van der Waals surface area (Å²) in [5.74, 6) is 0.376. The molecule has 1 aliphatic heterocycles. The number of hydrogen-bond donors (Lipinski definition) is 2. The van der Waals surface area contributed by atoms with Crippen LogP contribution in [0.3, 0.4) is 0 Å². The van der Waals surface area contributed by atoms with Crippen molar-refractivity contribution in [1.29, 1.82) is 0 Å². The van der Waals surface area contributed by atoms with E-state index in [4.69, 9.17) is 5.73 Å². The van der Waals surface area contributed by atoms with E-state index in [1.54, 1.807) is 0 Å². The molecule has 1 saturated heterocycles. The monoisotopic (exact) mass is 220 g/mol. The Morgan fingerprint density at radius 2 is 2.25 bits per heavy atom. The van der Waals surface area contributed by atoms with Gasteiger partial charge >= 0.3 is 0 Å². The van der Waals surface area contributed by atoms with E-state index in [1.165, 1.54) is 5.56 Å². The summed E-state index contributed by atoms with van der Waals surface area (Å²) in [4.78, 5) is 2.27. The average molecular weight is 220 g/mol. The fourth-order valence-electron chi connectivity index (χ4n) is 2.36. The summed E-state index contributed by atoms with van der Waals surface area (Å²) >= 11 is 0. The van der Waals surface area contributed by atoms with Crippen molar-refractivity contribution in [3.05, 3.63) is 23.8 Å². The Bertz CT molecular complexity index is 376. The molecule has 3 heteroatoms. The van der Waals surface area contributed by atoms with Crippen molar-refractivity contribution in [1.82, 2.24) is 0 Å². The molecule has 2 atom stereocenters. The molecule has 3 nitrogen and oxygen atoms in total. The van der Waals surface area contributed by atoms with Crippen LogP contribution >= 0.6 is 0 Å². The van der Waals surface area contributed by atoms with Gasteiger partial charge in [0.1, 0.15) is 0 Å². The summed E-state index contributed by atoms with van der Waals surface area (Å²) in [6.07, 6.45) is 0.821. The van der Waals surface area contributed by atoms with Crippen LogP contribution < -0.4 is 10.6 Å². The smallest absolute Gasteiger partial charge is 0.0600 e. The summed E-state index contributed by atoms with van der Waals surface area (Å²) in [6.45, 7) is 5.81. The number of nitrogens with two attached hydrogens (primary N) is 1. The predicted octanol–water partition coefficient (Wildman–Crippen LogP) is 1.78. The first-order valence-corrected chi connectivity index (χ1v) is 5.87. The molecule has 2 unspecified atom stereocenters. The highest BCUT2D eigenvalue weighted by Gasteiger charge is 2.26. The number of aliphatic hydroxyl groups excluding tert-OH is 1. The molecule has 0 aliphatic carbocycles. The summed E-state index contributed by atoms with van der Waals surface area (Å²) in [6, 6.07) is 6.17. The van der Waals surface area contributed by atoms with Gasteiger partial charge in [-0.1, -0.05) is 6.07 Å². The van der Waals surface area contributed by atoms with Crippen LogP contribution in [-0.4, -0.2) is 24.3 Å². The molecule has 0 amide bonds. The molecule has 1 heterocycles. The number of benzene rings is 1. The van der Waals surface area contributed by atoms with Gasteiger partial charge in [0.15, 0.2) is 0 Å². The van der Waals surface area contributed by atoms with Gasteiger partial charge in [0.2, 0.25) is 0 Å². The highest BCUT2D eigenvalue weighted by molar-refractivity contribution is 5.68. The van der Waals surface area contributed by atoms with Crippen LogP contribution in [-0.2, 0) is 0 Å². The largest absolute Gasteiger partial charge is 0.397 e. The van der Waals surface area contributed by atoms with E-state index in [0.717, 1.165) is 30.9 Å². The van der Waals surface area contributed by atoms with E-state index in [9.17, 15) is 5.11 Å². The maximum Gasteiger partial charge on any atom is 0.0600 e. The van der Waals surface area contributed by atoms with Crippen LogP contribution in [0, 0.1) is 12.8 Å². The highest BCUT2D eigenvalue weighted by atomic mass is 16.3. The van der Waals surface area contributed by atoms with Crippen LogP contribution in [0.1, 0.15) is 18.9 Å². The molecule has 0 radical (unpaired) electrons. The van der Waals surface area contributed by atoms with Crippen molar-refractivity contribution in [3.63, 3.8) is 0 Å². The van der Waals surface area contributed by atoms with Crippen LogP contribution in [0.4, 0.5) is 11.4 Å². The van der Waals surface area contributed by atoms with Gasteiger partial charge in [-0.25, -0.2) is 0 Å². The zero-order valence-electron chi connectivity index (χ0n) is 9.98. The van der Waals surface area contributed by atoms with Crippen molar-refractivity contribution >= 4 is 11.4 Å². The Labute approximate surface area is 96.9 Å². The minimum atomic E-state index is -0.225. The SMILES string of the molecule is Cc1ccc(N2CCC(C(C)O)C2)c(N)c1. The molecule has 0 saturated carbocycles. The van der Waals surface area contributed by atoms with Crippen LogP contribution in [0.2, 0.25) is 0 Å². The number of aliphatic hydroxyl groups is 1. The second-order valence-electron chi connectivity index (χ2n) is 4.80. The van der Waals surface area contributed by atoms with Crippen molar-refractivity contribution in [3.8, 4) is 0 Å². The summed E-state index contributed by atoms with van der Waals surface area (Å²) in [5.41, 5.74) is 9.15. The third kappa shape index (κ3) is 2.14. The van der Waals surface area contributed by atoms with Gasteiger partial charge in [0, 0.05) is 19.0 Å². The lowest BCUT2D eigenvalue weighted by atomic mass is 10.0. The lowest BCUT2D eigenvalue weighted by Gasteiger charge is -2.21. The minimum Gasteiger partial charge on any atom is -0.397 e. The molecule has 16 heavy (non-hydrogen) atoms. The van der Waals surface area contributed by atoms with Gasteiger partial charge in [-0.15, -0.1) is 0 Å². The van der Waals surface area contributed by atoms with E-state index in [1.807, 2.05) is 19.9 Å². The minimum absolute atomic E-state index is 0.225. The first kappa shape index (κ1) is 11.3. The molecule has 1 aromatic carbocycles. The van der Waals surface area contributed by atoms with E-state index < -0.39 is 0 Å². The fraction of sp³-hybridized carbons (Fsp3) is 0.538. The number of aryl methyl sites for hydroxylation is 1.